The van der Waals surface area contributed by atoms with E-state index in [0.29, 0.717) is 11.8 Å². The smallest absolute Gasteiger partial charge is 0.0160 e. The van der Waals surface area contributed by atoms with E-state index in [0.717, 1.165) is 61.2 Å². The van der Waals surface area contributed by atoms with Crippen LogP contribution in [0.5, 0.6) is 0 Å². The summed E-state index contributed by atoms with van der Waals surface area (Å²) in [6.07, 6.45) is 1.79. The van der Waals surface area contributed by atoms with Crippen LogP contribution in [-0.2, 0) is 20.1 Å². The average molecular weight is 1040 g/mol. The predicted molar refractivity (Wildman–Crippen MR) is 258 cm³/mol. The SMILES string of the molecule is CC(C)c1c[c]([Ge]([CH3])([CH3])[c]2ccccc2)cc(C(C)C)c1-n1c(-c2[c-]ccc3c2oc2cc(-c4ccccc4)ccc23)nc2ccccc21.[Ir].[c-]1ccccc1-c1ccccn1. The van der Waals surface area contributed by atoms with Crippen molar-refractivity contribution in [3.63, 3.8) is 0 Å². The van der Waals surface area contributed by atoms with Crippen LogP contribution in [0.1, 0.15) is 50.7 Å². The summed E-state index contributed by atoms with van der Waals surface area (Å²) in [7, 11) is 0. The molecule has 3 heterocycles. The Labute approximate surface area is 381 Å². The normalized spacial score (nSPS) is 11.5. The van der Waals surface area contributed by atoms with Gasteiger partial charge in [-0.2, -0.15) is 0 Å². The zero-order valence-corrected chi connectivity index (χ0v) is 40.5. The summed E-state index contributed by atoms with van der Waals surface area (Å²) >= 11 is -2.61. The van der Waals surface area contributed by atoms with Crippen LogP contribution in [0, 0.1) is 12.1 Å². The Morgan fingerprint density at radius 2 is 1.27 bits per heavy atom. The molecular formula is C56H49GeIrN3O-2. The first-order valence-corrected chi connectivity index (χ1v) is 27.5. The molecule has 4 nitrogen and oxygen atoms in total. The molecule has 0 unspecified atom stereocenters. The third-order valence-corrected chi connectivity index (χ3v) is 19.2. The van der Waals surface area contributed by atoms with Gasteiger partial charge in [0.1, 0.15) is 0 Å². The van der Waals surface area contributed by atoms with Crippen molar-refractivity contribution in [2.24, 2.45) is 0 Å². The molecule has 1 radical (unpaired) electrons. The van der Waals surface area contributed by atoms with E-state index in [1.807, 2.05) is 54.6 Å². The number of benzene rings is 7. The Morgan fingerprint density at radius 1 is 0.597 bits per heavy atom. The fourth-order valence-electron chi connectivity index (χ4n) is 8.41. The van der Waals surface area contributed by atoms with E-state index < -0.39 is 13.3 Å². The van der Waals surface area contributed by atoms with E-state index in [4.69, 9.17) is 9.40 Å². The molecule has 6 heteroatoms. The van der Waals surface area contributed by atoms with Gasteiger partial charge >= 0.3 is 257 Å². The van der Waals surface area contributed by atoms with Gasteiger partial charge in [0.2, 0.25) is 0 Å². The molecule has 309 valence electrons. The molecule has 0 aliphatic carbocycles. The van der Waals surface area contributed by atoms with Gasteiger partial charge in [-0.3, -0.25) is 0 Å². The van der Waals surface area contributed by atoms with E-state index in [1.54, 1.807) is 6.20 Å². The van der Waals surface area contributed by atoms with Crippen LogP contribution in [0.25, 0.3) is 72.4 Å². The Bertz CT molecular complexity index is 3040. The van der Waals surface area contributed by atoms with Gasteiger partial charge in [-0.15, -0.1) is 35.9 Å². The van der Waals surface area contributed by atoms with E-state index >= 15 is 0 Å². The molecule has 62 heavy (non-hydrogen) atoms. The van der Waals surface area contributed by atoms with Crippen LogP contribution in [-0.4, -0.2) is 27.8 Å². The number of fused-ring (bicyclic) bond motifs is 4. The van der Waals surface area contributed by atoms with Crippen molar-refractivity contribution in [1.82, 2.24) is 14.5 Å². The summed E-state index contributed by atoms with van der Waals surface area (Å²) in [5.74, 6) is 6.51. The third-order valence-electron chi connectivity index (χ3n) is 11.8. The molecule has 0 spiro atoms. The standard InChI is InChI=1S/C45H41GeN2O.C11H8N.Ir/c1-29(2)38-27-34(46(5,6)33-18-11-8-12-19-33)28-39(30(3)4)43(38)48-41-23-14-13-22-40(41)47-45(48)37-21-15-20-36-35-25-24-32(26-42(35)49-44(36)37)31-16-9-7-10-17-31;1-2-6-10(7-3-1)11-8-4-5-9-12-11;/h7-20,22-30H,1-6H3;1-6,8-9H;/q2*-1;. The second-order valence-corrected chi connectivity index (χ2v) is 26.1. The Kier molecular flexibility index (Phi) is 12.6. The van der Waals surface area contributed by atoms with E-state index in [9.17, 15) is 0 Å². The van der Waals surface area contributed by atoms with Gasteiger partial charge in [-0.05, 0) is 17.3 Å². The van der Waals surface area contributed by atoms with Crippen LogP contribution in [0.3, 0.4) is 0 Å². The fraction of sp³-hybridized carbons (Fsp3) is 0.143. The van der Waals surface area contributed by atoms with Gasteiger partial charge < -0.3 is 4.98 Å². The Morgan fingerprint density at radius 3 is 1.95 bits per heavy atom. The Hall–Kier alpha value is -5.85. The summed E-state index contributed by atoms with van der Waals surface area (Å²) in [4.78, 5) is 9.57. The van der Waals surface area contributed by atoms with Crippen LogP contribution >= 0.6 is 0 Å². The van der Waals surface area contributed by atoms with Crippen molar-refractivity contribution in [2.45, 2.75) is 51.0 Å². The molecule has 0 amide bonds. The summed E-state index contributed by atoms with van der Waals surface area (Å²) < 4.78 is 12.2. The summed E-state index contributed by atoms with van der Waals surface area (Å²) in [6.45, 7) is 9.30. The second-order valence-electron chi connectivity index (χ2n) is 16.8. The van der Waals surface area contributed by atoms with Crippen LogP contribution in [0.2, 0.25) is 11.5 Å². The first-order chi connectivity index (χ1) is 29.7. The molecular weight excluding hydrogens is 995 g/mol. The monoisotopic (exact) mass is 1050 g/mol. The first kappa shape index (κ1) is 42.8. The van der Waals surface area contributed by atoms with Crippen molar-refractivity contribution in [1.29, 1.82) is 0 Å². The first-order valence-electron chi connectivity index (χ1n) is 21.2. The summed E-state index contributed by atoms with van der Waals surface area (Å²) in [6, 6.07) is 66.2. The molecule has 0 atom stereocenters. The fourth-order valence-corrected chi connectivity index (χ4v) is 13.4. The van der Waals surface area contributed by atoms with Gasteiger partial charge in [-0.25, -0.2) is 0 Å². The minimum Gasteiger partial charge on any atom is -0.305 e. The number of furan rings is 1. The average Bonchev–Trinajstić information content (AvgIpc) is 3.88. The molecule has 3 aromatic heterocycles. The summed E-state index contributed by atoms with van der Waals surface area (Å²) in [5, 5.41) is 2.17. The van der Waals surface area contributed by atoms with Crippen molar-refractivity contribution in [3.8, 4) is 39.5 Å². The van der Waals surface area contributed by atoms with Gasteiger partial charge in [0.15, 0.2) is 0 Å². The molecule has 0 bridgehead atoms. The maximum Gasteiger partial charge on any atom is 0.0160 e. The predicted octanol–water partition coefficient (Wildman–Crippen LogP) is 13.7. The molecule has 10 aromatic rings. The summed E-state index contributed by atoms with van der Waals surface area (Å²) in [5.41, 5.74) is 12.9. The molecule has 10 rings (SSSR count). The number of rotatable bonds is 8. The van der Waals surface area contributed by atoms with E-state index in [2.05, 4.69) is 176 Å². The number of hydrogen-bond acceptors (Lipinski definition) is 3. The second kappa shape index (κ2) is 18.2. The van der Waals surface area contributed by atoms with Gasteiger partial charge in [0.25, 0.3) is 0 Å². The molecule has 0 aliphatic rings. The number of imidazole rings is 1. The Balaban J connectivity index is 0.000000350. The maximum atomic E-state index is 6.78. The van der Waals surface area contributed by atoms with Crippen LogP contribution in [0.15, 0.2) is 180 Å². The van der Waals surface area contributed by atoms with Crippen molar-refractivity contribution < 1.29 is 24.5 Å². The molecule has 0 saturated heterocycles. The van der Waals surface area contributed by atoms with Gasteiger partial charge in [0, 0.05) is 26.3 Å². The van der Waals surface area contributed by atoms with Crippen LogP contribution in [0.4, 0.5) is 0 Å². The maximum absolute atomic E-state index is 6.78. The minimum absolute atomic E-state index is 0. The number of pyridine rings is 1. The molecule has 0 fully saturated rings. The topological polar surface area (TPSA) is 43.9 Å². The minimum atomic E-state index is -2.61. The number of para-hydroxylation sites is 2. The van der Waals surface area contributed by atoms with Crippen molar-refractivity contribution >= 4 is 55.0 Å². The zero-order chi connectivity index (χ0) is 42.1. The molecule has 0 saturated carbocycles. The molecule has 0 aliphatic heterocycles. The molecule has 7 aromatic carbocycles. The zero-order valence-electron chi connectivity index (χ0n) is 36.0. The number of hydrogen-bond donors (Lipinski definition) is 0. The largest absolute Gasteiger partial charge is 0.305 e. The third kappa shape index (κ3) is 8.25. The van der Waals surface area contributed by atoms with Crippen LogP contribution < -0.4 is 8.79 Å². The van der Waals surface area contributed by atoms with Crippen molar-refractivity contribution in [3.05, 3.63) is 199 Å². The van der Waals surface area contributed by atoms with Gasteiger partial charge in [0.05, 0.1) is 0 Å². The molecule has 0 N–H and O–H groups in total. The number of nitrogens with zero attached hydrogens (tertiary/aromatic N) is 3. The number of aromatic nitrogens is 3. The van der Waals surface area contributed by atoms with E-state index in [-0.39, 0.29) is 20.1 Å². The quantitative estimate of drug-likeness (QED) is 0.113. The van der Waals surface area contributed by atoms with Gasteiger partial charge in [-0.1, -0.05) is 42.5 Å². The van der Waals surface area contributed by atoms with E-state index in [1.165, 1.54) is 31.2 Å². The van der Waals surface area contributed by atoms with Crippen molar-refractivity contribution in [2.75, 3.05) is 0 Å².